The molecule has 1 heterocycles. The van der Waals surface area contributed by atoms with Gasteiger partial charge in [-0.15, -0.1) is 0 Å². The number of ether oxygens (including phenoxy) is 1. The zero-order valence-electron chi connectivity index (χ0n) is 13.6. The Morgan fingerprint density at radius 3 is 2.52 bits per heavy atom. The van der Waals surface area contributed by atoms with Crippen molar-refractivity contribution in [2.75, 3.05) is 5.32 Å². The van der Waals surface area contributed by atoms with E-state index in [0.29, 0.717) is 23.2 Å². The Labute approximate surface area is 143 Å². The minimum atomic E-state index is -1.42. The fourth-order valence-corrected chi connectivity index (χ4v) is 2.54. The molecule has 8 nitrogen and oxygen atoms in total. The van der Waals surface area contributed by atoms with E-state index in [1.165, 1.54) is 0 Å². The van der Waals surface area contributed by atoms with Crippen LogP contribution in [-0.4, -0.2) is 27.1 Å². The summed E-state index contributed by atoms with van der Waals surface area (Å²) in [4.78, 5) is 27.9. The number of nitrogens with zero attached hydrogens (tertiary/aromatic N) is 2. The molecule has 1 aromatic heterocycles. The fourth-order valence-electron chi connectivity index (χ4n) is 2.54. The minimum Gasteiger partial charge on any atom is -0.485 e. The molecule has 130 valence electrons. The number of carbonyl (C=O) groups excluding carboxylic acids is 1. The molecule has 0 atom stereocenters. The Hall–Kier alpha value is -3.16. The summed E-state index contributed by atoms with van der Waals surface area (Å²) in [6, 6.07) is 6.63. The monoisotopic (exact) mass is 343 g/mol. The van der Waals surface area contributed by atoms with Crippen LogP contribution in [0.4, 0.5) is 5.69 Å². The van der Waals surface area contributed by atoms with Crippen molar-refractivity contribution in [1.29, 1.82) is 0 Å². The van der Waals surface area contributed by atoms with Gasteiger partial charge in [-0.05, 0) is 37.1 Å². The summed E-state index contributed by atoms with van der Waals surface area (Å²) >= 11 is 0. The van der Waals surface area contributed by atoms with Gasteiger partial charge in [0.25, 0.3) is 0 Å². The van der Waals surface area contributed by atoms with Crippen LogP contribution in [0.5, 0.6) is 5.75 Å². The molecular weight excluding hydrogens is 326 g/mol. The van der Waals surface area contributed by atoms with E-state index < -0.39 is 17.3 Å². The highest BCUT2D eigenvalue weighted by atomic mass is 16.5. The first-order valence-electron chi connectivity index (χ1n) is 7.71. The summed E-state index contributed by atoms with van der Waals surface area (Å²) in [7, 11) is 0. The van der Waals surface area contributed by atoms with Gasteiger partial charge in [0.2, 0.25) is 17.6 Å². The van der Waals surface area contributed by atoms with Crippen LogP contribution in [0, 0.1) is 12.3 Å². The maximum atomic E-state index is 12.4. The number of hydrogen-bond acceptors (Lipinski definition) is 6. The molecule has 0 spiro atoms. The third-order valence-corrected chi connectivity index (χ3v) is 3.99. The largest absolute Gasteiger partial charge is 0.485 e. The van der Waals surface area contributed by atoms with Gasteiger partial charge >= 0.3 is 5.97 Å². The van der Waals surface area contributed by atoms with Gasteiger partial charge in [0.05, 0.1) is 0 Å². The topological polar surface area (TPSA) is 115 Å². The van der Waals surface area contributed by atoms with Crippen LogP contribution < -0.4 is 10.1 Å². The highest BCUT2D eigenvalue weighted by Crippen LogP contribution is 2.35. The van der Waals surface area contributed by atoms with E-state index >= 15 is 0 Å². The molecule has 1 aliphatic carbocycles. The number of allylic oxidation sites excluding steroid dienone is 2. The van der Waals surface area contributed by atoms with Crippen molar-refractivity contribution in [3.05, 3.63) is 48.1 Å². The number of rotatable bonds is 6. The zero-order valence-corrected chi connectivity index (χ0v) is 13.6. The molecule has 1 aromatic carbocycles. The van der Waals surface area contributed by atoms with E-state index in [0.717, 1.165) is 0 Å². The number of carboxylic acid groups (broad SMARTS) is 1. The van der Waals surface area contributed by atoms with Crippen molar-refractivity contribution in [3.63, 3.8) is 0 Å². The molecule has 0 radical (unpaired) electrons. The van der Waals surface area contributed by atoms with Crippen LogP contribution in [0.2, 0.25) is 0 Å². The molecule has 1 aliphatic rings. The number of aryl methyl sites for hydroxylation is 1. The van der Waals surface area contributed by atoms with Crippen LogP contribution >= 0.6 is 0 Å². The number of carbonyl (C=O) groups is 2. The van der Waals surface area contributed by atoms with Crippen LogP contribution in [0.15, 0.2) is 40.9 Å². The molecule has 2 aromatic rings. The SMILES string of the molecule is Cc1nc(COc2ccc(NC(=O)C3(C(=O)O)CC=CC3)cc2)no1. The van der Waals surface area contributed by atoms with Crippen molar-refractivity contribution in [2.45, 2.75) is 26.4 Å². The van der Waals surface area contributed by atoms with E-state index in [2.05, 4.69) is 15.5 Å². The number of hydrogen-bond donors (Lipinski definition) is 2. The average Bonchev–Trinajstić information content (AvgIpc) is 3.24. The van der Waals surface area contributed by atoms with E-state index in [4.69, 9.17) is 9.26 Å². The lowest BCUT2D eigenvalue weighted by molar-refractivity contribution is -0.153. The standard InChI is InChI=1S/C17H17N3O5/c1-11-18-14(20-25-11)10-24-13-6-4-12(5-7-13)19-15(21)17(16(22)23)8-2-3-9-17/h2-7H,8-10H2,1H3,(H,19,21)(H,22,23). The number of amides is 1. The van der Waals surface area contributed by atoms with Crippen molar-refractivity contribution < 1.29 is 24.0 Å². The lowest BCUT2D eigenvalue weighted by Crippen LogP contribution is -2.41. The van der Waals surface area contributed by atoms with Crippen molar-refractivity contribution in [1.82, 2.24) is 10.1 Å². The van der Waals surface area contributed by atoms with Gasteiger partial charge in [0.1, 0.15) is 5.75 Å². The number of nitrogens with one attached hydrogen (secondary N) is 1. The van der Waals surface area contributed by atoms with Crippen molar-refractivity contribution >= 4 is 17.6 Å². The van der Waals surface area contributed by atoms with Gasteiger partial charge in [-0.1, -0.05) is 17.3 Å². The first-order chi connectivity index (χ1) is 12.0. The summed E-state index contributed by atoms with van der Waals surface area (Å²) in [5, 5.41) is 15.8. The van der Waals surface area contributed by atoms with E-state index in [1.54, 1.807) is 43.3 Å². The van der Waals surface area contributed by atoms with Crippen LogP contribution in [-0.2, 0) is 16.2 Å². The number of aliphatic carboxylic acids is 1. The normalized spacial score (nSPS) is 15.1. The van der Waals surface area contributed by atoms with E-state index in [1.807, 2.05) is 0 Å². The van der Waals surface area contributed by atoms with Gasteiger partial charge in [0, 0.05) is 12.6 Å². The molecule has 0 saturated heterocycles. The Morgan fingerprint density at radius 1 is 1.28 bits per heavy atom. The highest BCUT2D eigenvalue weighted by molar-refractivity contribution is 6.09. The Balaban J connectivity index is 1.60. The second-order valence-electron chi connectivity index (χ2n) is 5.76. The highest BCUT2D eigenvalue weighted by Gasteiger charge is 2.46. The van der Waals surface area contributed by atoms with Gasteiger partial charge in [0.15, 0.2) is 12.0 Å². The molecule has 0 saturated carbocycles. The van der Waals surface area contributed by atoms with Crippen LogP contribution in [0.25, 0.3) is 0 Å². The van der Waals surface area contributed by atoms with Gasteiger partial charge in [-0.3, -0.25) is 9.59 Å². The third kappa shape index (κ3) is 3.52. The maximum absolute atomic E-state index is 12.4. The Morgan fingerprint density at radius 2 is 1.96 bits per heavy atom. The smallest absolute Gasteiger partial charge is 0.319 e. The number of benzene rings is 1. The lowest BCUT2D eigenvalue weighted by atomic mass is 9.84. The quantitative estimate of drug-likeness (QED) is 0.611. The summed E-state index contributed by atoms with van der Waals surface area (Å²) < 4.78 is 10.4. The first-order valence-corrected chi connectivity index (χ1v) is 7.71. The second kappa shape index (κ2) is 6.76. The van der Waals surface area contributed by atoms with Gasteiger partial charge < -0.3 is 19.7 Å². The molecule has 25 heavy (non-hydrogen) atoms. The molecule has 8 heteroatoms. The minimum absolute atomic E-state index is 0.164. The summed E-state index contributed by atoms with van der Waals surface area (Å²) in [6.45, 7) is 1.86. The van der Waals surface area contributed by atoms with E-state index in [-0.39, 0.29) is 19.4 Å². The molecule has 0 bridgehead atoms. The average molecular weight is 343 g/mol. The second-order valence-corrected chi connectivity index (χ2v) is 5.76. The summed E-state index contributed by atoms with van der Waals surface area (Å²) in [5.41, 5.74) is -0.925. The molecule has 0 aliphatic heterocycles. The predicted octanol–water partition coefficient (Wildman–Crippen LogP) is 2.32. The maximum Gasteiger partial charge on any atom is 0.319 e. The Kier molecular flexibility index (Phi) is 4.51. The summed E-state index contributed by atoms with van der Waals surface area (Å²) in [5.74, 6) is -0.181. The van der Waals surface area contributed by atoms with Crippen LogP contribution in [0.1, 0.15) is 24.6 Å². The molecule has 0 fully saturated rings. The molecule has 3 rings (SSSR count). The third-order valence-electron chi connectivity index (χ3n) is 3.99. The lowest BCUT2D eigenvalue weighted by Gasteiger charge is -2.22. The van der Waals surface area contributed by atoms with Crippen LogP contribution in [0.3, 0.4) is 0 Å². The van der Waals surface area contributed by atoms with Crippen molar-refractivity contribution in [2.24, 2.45) is 5.41 Å². The zero-order chi connectivity index (χ0) is 17.9. The number of carboxylic acids is 1. The Bertz CT molecular complexity index is 802. The molecule has 0 unspecified atom stereocenters. The van der Waals surface area contributed by atoms with Crippen molar-refractivity contribution in [3.8, 4) is 5.75 Å². The fraction of sp³-hybridized carbons (Fsp3) is 0.294. The molecule has 1 amide bonds. The predicted molar refractivity (Wildman–Crippen MR) is 86.9 cm³/mol. The summed E-state index contributed by atoms with van der Waals surface area (Å²) in [6.07, 6.45) is 3.81. The number of anilines is 1. The number of aromatic nitrogens is 2. The molecule has 2 N–H and O–H groups in total. The van der Waals surface area contributed by atoms with Gasteiger partial charge in [-0.2, -0.15) is 4.98 Å². The molecular formula is C17H17N3O5. The van der Waals surface area contributed by atoms with Gasteiger partial charge in [-0.25, -0.2) is 0 Å². The van der Waals surface area contributed by atoms with E-state index in [9.17, 15) is 14.7 Å². The first kappa shape index (κ1) is 16.7.